The van der Waals surface area contributed by atoms with E-state index < -0.39 is 0 Å². The normalized spacial score (nSPS) is 10.0. The lowest BCUT2D eigenvalue weighted by Gasteiger charge is -1.88. The molecule has 0 bridgehead atoms. The van der Waals surface area contributed by atoms with Crippen molar-refractivity contribution in [3.8, 4) is 0 Å². The summed E-state index contributed by atoms with van der Waals surface area (Å²) in [6.07, 6.45) is 2.27. The fourth-order valence-corrected chi connectivity index (χ4v) is 0.276. The zero-order valence-electron chi connectivity index (χ0n) is 5.42. The molecule has 0 heterocycles. The molecule has 0 saturated carbocycles. The smallest absolute Gasteiger partial charge is 0.236 e. The first-order valence-corrected chi connectivity index (χ1v) is 2.75. The molecule has 0 saturated heterocycles. The van der Waals surface area contributed by atoms with Crippen molar-refractivity contribution >= 4 is 12.1 Å². The van der Waals surface area contributed by atoms with Gasteiger partial charge >= 0.3 is 0 Å². The predicted octanol–water partition coefficient (Wildman–Crippen LogP) is -0.543. The van der Waals surface area contributed by atoms with Crippen molar-refractivity contribution in [1.82, 2.24) is 5.43 Å². The first-order valence-electron chi connectivity index (χ1n) is 2.75. The Bertz CT molecular complexity index is 111. The molecule has 0 aromatic heterocycles. The van der Waals surface area contributed by atoms with Gasteiger partial charge in [-0.25, -0.2) is 5.43 Å². The maximum absolute atomic E-state index is 10.2. The second-order valence-corrected chi connectivity index (χ2v) is 1.56. The van der Waals surface area contributed by atoms with Gasteiger partial charge < -0.3 is 5.73 Å². The van der Waals surface area contributed by atoms with Crippen molar-refractivity contribution in [3.05, 3.63) is 0 Å². The molecule has 4 nitrogen and oxygen atoms in total. The van der Waals surface area contributed by atoms with Crippen molar-refractivity contribution in [2.45, 2.75) is 13.3 Å². The number of hydrazone groups is 1. The number of hydrogen-bond acceptors (Lipinski definition) is 3. The van der Waals surface area contributed by atoms with Gasteiger partial charge in [0.2, 0.25) is 5.91 Å². The quantitative estimate of drug-likeness (QED) is 0.397. The molecule has 0 aliphatic rings. The van der Waals surface area contributed by atoms with Crippen LogP contribution in [0.1, 0.15) is 13.3 Å². The highest BCUT2D eigenvalue weighted by Gasteiger charge is 1.80. The molecule has 9 heavy (non-hydrogen) atoms. The monoisotopic (exact) mass is 129 g/mol. The Balaban J connectivity index is 3.14. The van der Waals surface area contributed by atoms with Gasteiger partial charge in [-0.15, -0.1) is 0 Å². The molecule has 0 unspecified atom stereocenters. The highest BCUT2D eigenvalue weighted by Crippen LogP contribution is 1.65. The Morgan fingerprint density at radius 2 is 2.56 bits per heavy atom. The molecular formula is C5H11N3O. The van der Waals surface area contributed by atoms with Crippen LogP contribution in [-0.2, 0) is 4.79 Å². The Morgan fingerprint density at radius 1 is 1.89 bits per heavy atom. The second-order valence-electron chi connectivity index (χ2n) is 1.56. The standard InChI is InChI=1S/C5H11N3O/c1-5(9)8-7-4-2-3-6/h4H,2-3,6H2,1H3,(H,8,9). The van der Waals surface area contributed by atoms with Crippen LogP contribution in [0.2, 0.25) is 0 Å². The van der Waals surface area contributed by atoms with Gasteiger partial charge in [-0.05, 0) is 13.0 Å². The largest absolute Gasteiger partial charge is 0.330 e. The lowest BCUT2D eigenvalue weighted by atomic mass is 10.5. The molecule has 0 rings (SSSR count). The summed E-state index contributed by atoms with van der Waals surface area (Å²) in [7, 11) is 0. The molecule has 0 aliphatic carbocycles. The minimum atomic E-state index is -0.164. The first-order chi connectivity index (χ1) is 4.27. The first kappa shape index (κ1) is 8.10. The summed E-state index contributed by atoms with van der Waals surface area (Å²) < 4.78 is 0. The van der Waals surface area contributed by atoms with Crippen LogP contribution in [0.4, 0.5) is 0 Å². The molecule has 0 atom stereocenters. The number of rotatable bonds is 3. The molecule has 0 aliphatic heterocycles. The van der Waals surface area contributed by atoms with Gasteiger partial charge in [-0.3, -0.25) is 4.79 Å². The summed E-state index contributed by atoms with van der Waals surface area (Å²) >= 11 is 0. The van der Waals surface area contributed by atoms with E-state index in [0.717, 1.165) is 0 Å². The SMILES string of the molecule is CC(=O)NN=CCCN. The van der Waals surface area contributed by atoms with Crippen LogP contribution < -0.4 is 11.2 Å². The van der Waals surface area contributed by atoms with Crippen molar-refractivity contribution in [2.75, 3.05) is 6.54 Å². The Morgan fingerprint density at radius 3 is 3.00 bits per heavy atom. The zero-order valence-corrected chi connectivity index (χ0v) is 5.42. The van der Waals surface area contributed by atoms with Gasteiger partial charge in [-0.1, -0.05) is 0 Å². The Hall–Kier alpha value is -0.900. The van der Waals surface area contributed by atoms with Gasteiger partial charge in [0.25, 0.3) is 0 Å². The number of amides is 1. The fourth-order valence-electron chi connectivity index (χ4n) is 0.276. The van der Waals surface area contributed by atoms with Crippen LogP contribution in [0.15, 0.2) is 5.10 Å². The number of carbonyl (C=O) groups excluding carboxylic acids is 1. The third-order valence-electron chi connectivity index (χ3n) is 0.609. The minimum absolute atomic E-state index is 0.164. The van der Waals surface area contributed by atoms with E-state index in [1.807, 2.05) is 0 Å². The number of nitrogens with two attached hydrogens (primary N) is 1. The van der Waals surface area contributed by atoms with Gasteiger partial charge in [0.1, 0.15) is 0 Å². The molecule has 1 amide bonds. The van der Waals surface area contributed by atoms with E-state index in [9.17, 15) is 4.79 Å². The summed E-state index contributed by atoms with van der Waals surface area (Å²) in [5.41, 5.74) is 7.40. The summed E-state index contributed by atoms with van der Waals surface area (Å²) in [6.45, 7) is 1.96. The molecule has 0 aromatic rings. The Kier molecular flexibility index (Phi) is 4.72. The highest BCUT2D eigenvalue weighted by molar-refractivity contribution is 5.73. The van der Waals surface area contributed by atoms with Gasteiger partial charge in [0, 0.05) is 13.1 Å². The topological polar surface area (TPSA) is 67.5 Å². The predicted molar refractivity (Wildman–Crippen MR) is 36.0 cm³/mol. The van der Waals surface area contributed by atoms with Crippen molar-refractivity contribution in [3.63, 3.8) is 0 Å². The fraction of sp³-hybridized carbons (Fsp3) is 0.600. The van der Waals surface area contributed by atoms with Crippen LogP contribution in [0, 0.1) is 0 Å². The van der Waals surface area contributed by atoms with Crippen LogP contribution >= 0.6 is 0 Å². The molecule has 0 fully saturated rings. The van der Waals surface area contributed by atoms with E-state index in [4.69, 9.17) is 5.73 Å². The van der Waals surface area contributed by atoms with Crippen LogP contribution in [0.3, 0.4) is 0 Å². The van der Waals surface area contributed by atoms with Gasteiger partial charge in [0.05, 0.1) is 0 Å². The summed E-state index contributed by atoms with van der Waals surface area (Å²) in [5.74, 6) is -0.164. The average molecular weight is 129 g/mol. The molecule has 0 radical (unpaired) electrons. The van der Waals surface area contributed by atoms with Crippen LogP contribution in [0.5, 0.6) is 0 Å². The third kappa shape index (κ3) is 7.10. The maximum Gasteiger partial charge on any atom is 0.236 e. The van der Waals surface area contributed by atoms with Crippen molar-refractivity contribution < 1.29 is 4.79 Å². The van der Waals surface area contributed by atoms with E-state index in [1.165, 1.54) is 6.92 Å². The van der Waals surface area contributed by atoms with E-state index >= 15 is 0 Å². The maximum atomic E-state index is 10.2. The van der Waals surface area contributed by atoms with E-state index in [-0.39, 0.29) is 5.91 Å². The molecule has 4 heteroatoms. The Labute approximate surface area is 54.1 Å². The summed E-state index contributed by atoms with van der Waals surface area (Å²) in [5, 5.41) is 3.56. The van der Waals surface area contributed by atoms with Crippen molar-refractivity contribution in [2.24, 2.45) is 10.8 Å². The average Bonchev–Trinajstić information content (AvgIpc) is 1.80. The van der Waals surface area contributed by atoms with Gasteiger partial charge in [0.15, 0.2) is 0 Å². The lowest BCUT2D eigenvalue weighted by molar-refractivity contribution is -0.118. The molecule has 0 spiro atoms. The minimum Gasteiger partial charge on any atom is -0.330 e. The van der Waals surface area contributed by atoms with Crippen LogP contribution in [-0.4, -0.2) is 18.7 Å². The van der Waals surface area contributed by atoms with E-state index in [2.05, 4.69) is 10.5 Å². The summed E-state index contributed by atoms with van der Waals surface area (Å²) in [4.78, 5) is 10.2. The number of hydrogen-bond donors (Lipinski definition) is 2. The lowest BCUT2D eigenvalue weighted by Crippen LogP contribution is -2.12. The number of carbonyl (C=O) groups is 1. The van der Waals surface area contributed by atoms with Crippen molar-refractivity contribution in [1.29, 1.82) is 0 Å². The molecule has 0 aromatic carbocycles. The molecular weight excluding hydrogens is 118 g/mol. The highest BCUT2D eigenvalue weighted by atomic mass is 16.2. The summed E-state index contributed by atoms with van der Waals surface area (Å²) in [6, 6.07) is 0. The van der Waals surface area contributed by atoms with E-state index in [1.54, 1.807) is 6.21 Å². The van der Waals surface area contributed by atoms with E-state index in [0.29, 0.717) is 13.0 Å². The third-order valence-corrected chi connectivity index (χ3v) is 0.609. The zero-order chi connectivity index (χ0) is 7.11. The number of nitrogens with one attached hydrogen (secondary N) is 1. The number of nitrogens with zero attached hydrogens (tertiary/aromatic N) is 1. The molecule has 3 N–H and O–H groups in total. The van der Waals surface area contributed by atoms with Gasteiger partial charge in [-0.2, -0.15) is 5.10 Å². The second kappa shape index (κ2) is 5.24. The molecule has 52 valence electrons. The van der Waals surface area contributed by atoms with Crippen LogP contribution in [0.25, 0.3) is 0 Å².